The molecule has 2 aliphatic heterocycles. The van der Waals surface area contributed by atoms with E-state index in [1.807, 2.05) is 0 Å². The van der Waals surface area contributed by atoms with Gasteiger partial charge in [0.2, 0.25) is 5.91 Å². The van der Waals surface area contributed by atoms with Crippen LogP contribution in [0.3, 0.4) is 0 Å². The van der Waals surface area contributed by atoms with E-state index in [2.05, 4.69) is 27.0 Å². The molecule has 0 radical (unpaired) electrons. The van der Waals surface area contributed by atoms with Crippen LogP contribution in [-0.4, -0.2) is 36.0 Å². The first-order valence-corrected chi connectivity index (χ1v) is 8.32. The Balaban J connectivity index is 1.47. The molecule has 0 bridgehead atoms. The zero-order valence-electron chi connectivity index (χ0n) is 11.3. The highest BCUT2D eigenvalue weighted by atomic mass is 32.1. The van der Waals surface area contributed by atoms with Gasteiger partial charge in [-0.3, -0.25) is 9.69 Å². The molecule has 1 amide bonds. The van der Waals surface area contributed by atoms with Crippen molar-refractivity contribution in [3.8, 4) is 0 Å². The van der Waals surface area contributed by atoms with Gasteiger partial charge in [0.1, 0.15) is 0 Å². The Hall–Kier alpha value is -0.870. The number of carbonyl (C=O) groups excluding carboxylic acids is 1. The number of piperidine rings is 1. The molecule has 19 heavy (non-hydrogen) atoms. The van der Waals surface area contributed by atoms with Crippen LogP contribution in [0.25, 0.3) is 0 Å². The Morgan fingerprint density at radius 2 is 2.32 bits per heavy atom. The van der Waals surface area contributed by atoms with Gasteiger partial charge in [0.05, 0.1) is 0 Å². The van der Waals surface area contributed by atoms with Crippen molar-refractivity contribution in [1.82, 2.24) is 10.2 Å². The number of amides is 1. The average molecular weight is 278 g/mol. The lowest BCUT2D eigenvalue weighted by molar-refractivity contribution is -0.122. The van der Waals surface area contributed by atoms with Gasteiger partial charge in [0, 0.05) is 25.0 Å². The van der Waals surface area contributed by atoms with Crippen molar-refractivity contribution in [3.63, 3.8) is 0 Å². The highest BCUT2D eigenvalue weighted by molar-refractivity contribution is 7.07. The second-order valence-corrected chi connectivity index (χ2v) is 6.47. The molecule has 0 spiro atoms. The van der Waals surface area contributed by atoms with Gasteiger partial charge in [-0.1, -0.05) is 6.42 Å². The maximum absolute atomic E-state index is 12.0. The van der Waals surface area contributed by atoms with E-state index in [1.54, 1.807) is 11.3 Å². The highest BCUT2D eigenvalue weighted by Crippen LogP contribution is 2.27. The lowest BCUT2D eigenvalue weighted by Crippen LogP contribution is -2.46. The number of fused-ring (bicyclic) bond motifs is 1. The number of aryl methyl sites for hydroxylation is 1. The van der Waals surface area contributed by atoms with Gasteiger partial charge in [-0.15, -0.1) is 0 Å². The van der Waals surface area contributed by atoms with Gasteiger partial charge in [-0.2, -0.15) is 11.3 Å². The lowest BCUT2D eigenvalue weighted by atomic mass is 9.99. The van der Waals surface area contributed by atoms with E-state index in [0.29, 0.717) is 18.5 Å². The molecule has 3 heterocycles. The van der Waals surface area contributed by atoms with Crippen LogP contribution in [0.2, 0.25) is 0 Å². The number of rotatable bonds is 4. The summed E-state index contributed by atoms with van der Waals surface area (Å²) >= 11 is 1.70. The Morgan fingerprint density at radius 3 is 3.16 bits per heavy atom. The minimum atomic E-state index is 0.226. The molecule has 2 fully saturated rings. The van der Waals surface area contributed by atoms with Crippen LogP contribution >= 0.6 is 11.3 Å². The summed E-state index contributed by atoms with van der Waals surface area (Å²) < 4.78 is 0. The summed E-state index contributed by atoms with van der Waals surface area (Å²) in [4.78, 5) is 14.6. The Morgan fingerprint density at radius 1 is 1.37 bits per heavy atom. The van der Waals surface area contributed by atoms with E-state index in [4.69, 9.17) is 0 Å². The van der Waals surface area contributed by atoms with Gasteiger partial charge in [-0.25, -0.2) is 0 Å². The molecule has 104 valence electrons. The first-order valence-electron chi connectivity index (χ1n) is 7.37. The topological polar surface area (TPSA) is 32.3 Å². The van der Waals surface area contributed by atoms with E-state index in [0.717, 1.165) is 12.8 Å². The summed E-state index contributed by atoms with van der Waals surface area (Å²) in [5, 5.41) is 7.47. The molecule has 1 aromatic rings. The lowest BCUT2D eigenvalue weighted by Gasteiger charge is -2.32. The minimum Gasteiger partial charge on any atom is -0.352 e. The fourth-order valence-corrected chi connectivity index (χ4v) is 4.09. The second kappa shape index (κ2) is 6.06. The fraction of sp³-hybridized carbons (Fsp3) is 0.667. The van der Waals surface area contributed by atoms with E-state index < -0.39 is 0 Å². The van der Waals surface area contributed by atoms with Gasteiger partial charge < -0.3 is 5.32 Å². The molecule has 4 heteroatoms. The molecular weight excluding hydrogens is 256 g/mol. The van der Waals surface area contributed by atoms with Gasteiger partial charge >= 0.3 is 0 Å². The van der Waals surface area contributed by atoms with Crippen LogP contribution in [0.15, 0.2) is 16.8 Å². The van der Waals surface area contributed by atoms with E-state index in [1.165, 1.54) is 37.9 Å². The van der Waals surface area contributed by atoms with Gasteiger partial charge in [0.25, 0.3) is 0 Å². The maximum atomic E-state index is 12.0. The van der Waals surface area contributed by atoms with Gasteiger partial charge in [-0.05, 0) is 54.6 Å². The van der Waals surface area contributed by atoms with E-state index in [9.17, 15) is 4.79 Å². The first-order chi connectivity index (χ1) is 9.33. The molecule has 1 N–H and O–H groups in total. The standard InChI is InChI=1S/C15H22N2OS/c18-15(5-4-12-7-10-19-11-12)16-13-6-9-17-8-2-1-3-14(13)17/h7,10-11,13-14H,1-6,8-9H2,(H,16,18)/t13-,14+/m1/s1. The van der Waals surface area contributed by atoms with Crippen LogP contribution in [0.5, 0.6) is 0 Å². The van der Waals surface area contributed by atoms with Crippen molar-refractivity contribution in [1.29, 1.82) is 0 Å². The molecular formula is C15H22N2OS. The highest BCUT2D eigenvalue weighted by Gasteiger charge is 2.35. The van der Waals surface area contributed by atoms with Crippen LogP contribution < -0.4 is 5.32 Å². The first kappa shape index (κ1) is 13.1. The monoisotopic (exact) mass is 278 g/mol. The normalized spacial score (nSPS) is 27.2. The summed E-state index contributed by atoms with van der Waals surface area (Å²) in [6.07, 6.45) is 6.54. The number of hydrogen-bond donors (Lipinski definition) is 1. The van der Waals surface area contributed by atoms with Crippen LogP contribution in [0, 0.1) is 0 Å². The predicted octanol–water partition coefficient (Wildman–Crippen LogP) is 2.42. The smallest absolute Gasteiger partial charge is 0.220 e. The SMILES string of the molecule is O=C(CCc1ccsc1)N[C@@H]1CCN2CCCC[C@@H]12. The molecule has 3 nitrogen and oxygen atoms in total. The van der Waals surface area contributed by atoms with Crippen molar-refractivity contribution in [2.45, 2.75) is 50.6 Å². The van der Waals surface area contributed by atoms with Crippen LogP contribution in [0.4, 0.5) is 0 Å². The summed E-state index contributed by atoms with van der Waals surface area (Å²) in [6.45, 7) is 2.39. The summed E-state index contributed by atoms with van der Waals surface area (Å²) in [6, 6.07) is 3.12. The molecule has 2 atom stereocenters. The molecule has 0 unspecified atom stereocenters. The molecule has 1 aromatic heterocycles. The second-order valence-electron chi connectivity index (χ2n) is 5.69. The fourth-order valence-electron chi connectivity index (χ4n) is 3.39. The summed E-state index contributed by atoms with van der Waals surface area (Å²) in [5.74, 6) is 0.226. The predicted molar refractivity (Wildman–Crippen MR) is 78.4 cm³/mol. The Bertz CT molecular complexity index is 418. The zero-order chi connectivity index (χ0) is 13.1. The summed E-state index contributed by atoms with van der Waals surface area (Å²) in [7, 11) is 0. The number of nitrogens with one attached hydrogen (secondary N) is 1. The molecule has 0 aliphatic carbocycles. The Kier molecular flexibility index (Phi) is 4.18. The van der Waals surface area contributed by atoms with Gasteiger partial charge in [0.15, 0.2) is 0 Å². The van der Waals surface area contributed by atoms with Crippen molar-refractivity contribution < 1.29 is 4.79 Å². The number of thiophene rings is 1. The molecule has 3 rings (SSSR count). The third kappa shape index (κ3) is 3.18. The van der Waals surface area contributed by atoms with Crippen LogP contribution in [0.1, 0.15) is 37.7 Å². The minimum absolute atomic E-state index is 0.226. The third-order valence-electron chi connectivity index (χ3n) is 4.42. The number of carbonyl (C=O) groups is 1. The zero-order valence-corrected chi connectivity index (χ0v) is 12.1. The molecule has 0 saturated carbocycles. The molecule has 2 aliphatic rings. The van der Waals surface area contributed by atoms with Crippen molar-refractivity contribution in [2.75, 3.05) is 13.1 Å². The van der Waals surface area contributed by atoms with Crippen molar-refractivity contribution in [2.24, 2.45) is 0 Å². The molecule has 2 saturated heterocycles. The van der Waals surface area contributed by atoms with E-state index >= 15 is 0 Å². The quantitative estimate of drug-likeness (QED) is 0.917. The number of nitrogens with zero attached hydrogens (tertiary/aromatic N) is 1. The molecule has 0 aromatic carbocycles. The average Bonchev–Trinajstić information content (AvgIpc) is 3.07. The van der Waals surface area contributed by atoms with Crippen LogP contribution in [-0.2, 0) is 11.2 Å². The van der Waals surface area contributed by atoms with Crippen molar-refractivity contribution >= 4 is 17.2 Å². The number of hydrogen-bond acceptors (Lipinski definition) is 3. The van der Waals surface area contributed by atoms with E-state index in [-0.39, 0.29) is 5.91 Å². The van der Waals surface area contributed by atoms with Crippen molar-refractivity contribution in [3.05, 3.63) is 22.4 Å². The third-order valence-corrected chi connectivity index (χ3v) is 5.16. The summed E-state index contributed by atoms with van der Waals surface area (Å²) in [5.41, 5.74) is 1.28. The Labute approximate surface area is 119 Å². The largest absolute Gasteiger partial charge is 0.352 e. The maximum Gasteiger partial charge on any atom is 0.220 e.